The van der Waals surface area contributed by atoms with Crippen molar-refractivity contribution in [2.24, 2.45) is 0 Å². The Labute approximate surface area is 168 Å². The molecule has 6 nitrogen and oxygen atoms in total. The zero-order chi connectivity index (χ0) is 18.6. The minimum Gasteiger partial charge on any atom is -0.360 e. The summed E-state index contributed by atoms with van der Waals surface area (Å²) >= 11 is 3.55. The number of nitrogens with one attached hydrogen (secondary N) is 1. The normalized spacial score (nSPS) is 20.4. The second-order valence-electron chi connectivity index (χ2n) is 7.34. The molecule has 27 heavy (non-hydrogen) atoms. The molecule has 0 aromatic carbocycles. The molecule has 0 radical (unpaired) electrons. The van der Waals surface area contributed by atoms with Crippen molar-refractivity contribution in [3.63, 3.8) is 0 Å². The van der Waals surface area contributed by atoms with E-state index in [1.165, 1.54) is 19.3 Å². The smallest absolute Gasteiger partial charge is 0.267 e. The van der Waals surface area contributed by atoms with Crippen LogP contribution < -0.4 is 10.9 Å². The van der Waals surface area contributed by atoms with Crippen molar-refractivity contribution in [3.05, 3.63) is 38.8 Å². The van der Waals surface area contributed by atoms with Crippen molar-refractivity contribution < 1.29 is 0 Å². The first-order chi connectivity index (χ1) is 13.2. The number of thiazole rings is 1. The van der Waals surface area contributed by atoms with Crippen LogP contribution >= 0.6 is 23.1 Å². The summed E-state index contributed by atoms with van der Waals surface area (Å²) in [5, 5.41) is 11.2. The van der Waals surface area contributed by atoms with Crippen LogP contribution in [0.25, 0.3) is 0 Å². The molecule has 1 atom stereocenters. The molecule has 4 heterocycles. The third-order valence-electron chi connectivity index (χ3n) is 5.36. The van der Waals surface area contributed by atoms with Crippen molar-refractivity contribution in [2.45, 2.75) is 50.9 Å². The van der Waals surface area contributed by atoms with E-state index in [-0.39, 0.29) is 5.56 Å². The van der Waals surface area contributed by atoms with E-state index >= 15 is 0 Å². The second-order valence-corrected chi connectivity index (χ2v) is 9.30. The average Bonchev–Trinajstić information content (AvgIpc) is 3.10. The lowest BCUT2D eigenvalue weighted by Gasteiger charge is -2.35. The third-order valence-corrected chi connectivity index (χ3v) is 7.29. The molecule has 2 aliphatic heterocycles. The van der Waals surface area contributed by atoms with Gasteiger partial charge in [-0.25, -0.2) is 9.67 Å². The first-order valence-corrected chi connectivity index (χ1v) is 11.8. The second kappa shape index (κ2) is 8.75. The summed E-state index contributed by atoms with van der Waals surface area (Å²) in [7, 11) is 0. The number of hydrogen-bond donors (Lipinski definition) is 1. The molecule has 1 fully saturated rings. The molecule has 2 aromatic rings. The van der Waals surface area contributed by atoms with Gasteiger partial charge in [0.05, 0.1) is 17.9 Å². The number of anilines is 1. The van der Waals surface area contributed by atoms with Gasteiger partial charge in [-0.05, 0) is 37.6 Å². The minimum atomic E-state index is 0.0428. The Morgan fingerprint density at radius 1 is 1.33 bits per heavy atom. The van der Waals surface area contributed by atoms with Gasteiger partial charge in [-0.3, -0.25) is 9.69 Å². The Hall–Kier alpha value is -1.38. The highest BCUT2D eigenvalue weighted by Crippen LogP contribution is 2.22. The fraction of sp³-hybridized carbons (Fsp3) is 0.632. The average molecular weight is 406 g/mol. The molecule has 1 N–H and O–H groups in total. The van der Waals surface area contributed by atoms with Crippen LogP contribution in [0.1, 0.15) is 36.2 Å². The Morgan fingerprint density at radius 2 is 2.26 bits per heavy atom. The van der Waals surface area contributed by atoms with Crippen molar-refractivity contribution in [3.8, 4) is 0 Å². The van der Waals surface area contributed by atoms with E-state index in [0.29, 0.717) is 12.6 Å². The van der Waals surface area contributed by atoms with Gasteiger partial charge in [0.1, 0.15) is 0 Å². The number of likely N-dealkylation sites (tertiary alicyclic amines) is 1. The largest absolute Gasteiger partial charge is 0.360 e. The zero-order valence-electron chi connectivity index (χ0n) is 15.8. The molecule has 2 aromatic heterocycles. The van der Waals surface area contributed by atoms with Crippen LogP contribution in [0.5, 0.6) is 0 Å². The van der Waals surface area contributed by atoms with Crippen LogP contribution in [-0.4, -0.2) is 51.1 Å². The highest BCUT2D eigenvalue weighted by molar-refractivity contribution is 7.98. The predicted molar refractivity (Wildman–Crippen MR) is 113 cm³/mol. The molecule has 4 rings (SSSR count). The van der Waals surface area contributed by atoms with Crippen molar-refractivity contribution in [1.29, 1.82) is 0 Å². The van der Waals surface area contributed by atoms with Crippen LogP contribution in [0.15, 0.2) is 16.2 Å². The summed E-state index contributed by atoms with van der Waals surface area (Å²) < 4.78 is 1.68. The van der Waals surface area contributed by atoms with E-state index in [9.17, 15) is 4.79 Å². The molecule has 0 amide bonds. The number of thioether (sulfide) groups is 1. The summed E-state index contributed by atoms with van der Waals surface area (Å²) in [5.74, 6) is 2.03. The van der Waals surface area contributed by atoms with Crippen molar-refractivity contribution in [2.75, 3.05) is 30.7 Å². The van der Waals surface area contributed by atoms with E-state index in [1.54, 1.807) is 22.1 Å². The Morgan fingerprint density at radius 3 is 3.11 bits per heavy atom. The van der Waals surface area contributed by atoms with Gasteiger partial charge in [0.2, 0.25) is 0 Å². The van der Waals surface area contributed by atoms with E-state index < -0.39 is 0 Å². The molecule has 8 heteroatoms. The number of nitrogens with zero attached hydrogens (tertiary/aromatic N) is 4. The standard InChI is InChI=1S/C19H27N5OS2/c1-14-12-27-19(21-14)20-11-16-4-2-3-6-23(16)7-8-24-18(25)10-15-13-26-9-5-17(15)22-24/h10,12,16H,2-9,11,13H2,1H3,(H,20,21). The van der Waals surface area contributed by atoms with Gasteiger partial charge < -0.3 is 5.32 Å². The molecular formula is C19H27N5OS2. The summed E-state index contributed by atoms with van der Waals surface area (Å²) in [6.45, 7) is 5.59. The fourth-order valence-corrected chi connectivity index (χ4v) is 5.51. The van der Waals surface area contributed by atoms with Crippen LogP contribution in [0.3, 0.4) is 0 Å². The maximum atomic E-state index is 12.4. The van der Waals surface area contributed by atoms with Crippen LogP contribution in [0.4, 0.5) is 5.13 Å². The van der Waals surface area contributed by atoms with Crippen molar-refractivity contribution >= 4 is 28.2 Å². The highest BCUT2D eigenvalue weighted by Gasteiger charge is 2.23. The number of fused-ring (bicyclic) bond motifs is 1. The summed E-state index contributed by atoms with van der Waals surface area (Å²) in [6, 6.07) is 2.29. The lowest BCUT2D eigenvalue weighted by molar-refractivity contribution is 0.148. The molecule has 0 saturated carbocycles. The Balaban J connectivity index is 1.37. The molecule has 1 unspecified atom stereocenters. The van der Waals surface area contributed by atoms with E-state index in [2.05, 4.69) is 25.7 Å². The predicted octanol–water partition coefficient (Wildman–Crippen LogP) is 2.76. The van der Waals surface area contributed by atoms with E-state index in [1.807, 2.05) is 18.7 Å². The summed E-state index contributed by atoms with van der Waals surface area (Å²) in [6.07, 6.45) is 4.68. The molecule has 0 aliphatic carbocycles. The van der Waals surface area contributed by atoms with Gasteiger partial charge in [-0.1, -0.05) is 6.42 Å². The molecule has 0 spiro atoms. The Kier molecular flexibility index (Phi) is 6.14. The maximum absolute atomic E-state index is 12.4. The molecule has 2 aliphatic rings. The highest BCUT2D eigenvalue weighted by atomic mass is 32.2. The van der Waals surface area contributed by atoms with Gasteiger partial charge in [-0.2, -0.15) is 16.9 Å². The first-order valence-electron chi connectivity index (χ1n) is 9.77. The van der Waals surface area contributed by atoms with Crippen LogP contribution in [0, 0.1) is 6.92 Å². The van der Waals surface area contributed by atoms with Crippen LogP contribution in [0.2, 0.25) is 0 Å². The first kappa shape index (κ1) is 19.0. The maximum Gasteiger partial charge on any atom is 0.267 e. The molecule has 146 valence electrons. The molecule has 1 saturated heterocycles. The lowest BCUT2D eigenvalue weighted by atomic mass is 10.0. The Bertz CT molecular complexity index is 834. The van der Waals surface area contributed by atoms with Gasteiger partial charge >= 0.3 is 0 Å². The summed E-state index contributed by atoms with van der Waals surface area (Å²) in [4.78, 5) is 19.4. The van der Waals surface area contributed by atoms with Gasteiger partial charge in [0, 0.05) is 42.8 Å². The fourth-order valence-electron chi connectivity index (χ4n) is 3.86. The quantitative estimate of drug-likeness (QED) is 0.797. The minimum absolute atomic E-state index is 0.0428. The topological polar surface area (TPSA) is 63.1 Å². The number of aromatic nitrogens is 3. The van der Waals surface area contributed by atoms with E-state index in [4.69, 9.17) is 0 Å². The lowest BCUT2D eigenvalue weighted by Crippen LogP contribution is -2.45. The van der Waals surface area contributed by atoms with Crippen LogP contribution in [-0.2, 0) is 18.7 Å². The van der Waals surface area contributed by atoms with Gasteiger partial charge in [0.25, 0.3) is 5.56 Å². The van der Waals surface area contributed by atoms with Gasteiger partial charge in [0.15, 0.2) is 5.13 Å². The van der Waals surface area contributed by atoms with Gasteiger partial charge in [-0.15, -0.1) is 11.3 Å². The number of hydrogen-bond acceptors (Lipinski definition) is 7. The van der Waals surface area contributed by atoms with Crippen molar-refractivity contribution in [1.82, 2.24) is 19.7 Å². The number of rotatable bonds is 6. The molecular weight excluding hydrogens is 378 g/mol. The zero-order valence-corrected chi connectivity index (χ0v) is 17.4. The SMILES string of the molecule is Cc1csc(NCC2CCCCN2CCn2nc3c(cc2=O)CSCC3)n1. The number of aryl methyl sites for hydroxylation is 2. The molecule has 0 bridgehead atoms. The number of piperidine rings is 1. The summed E-state index contributed by atoms with van der Waals surface area (Å²) in [5.41, 5.74) is 3.36. The third kappa shape index (κ3) is 4.73. The van der Waals surface area contributed by atoms with E-state index in [0.717, 1.165) is 59.6 Å². The monoisotopic (exact) mass is 405 g/mol.